The molecule has 12 heteroatoms. The molecule has 11 nitrogen and oxygen atoms in total. The summed E-state index contributed by atoms with van der Waals surface area (Å²) in [6, 6.07) is 4.87. The molecule has 1 fully saturated rings. The van der Waals surface area contributed by atoms with Crippen LogP contribution in [-0.4, -0.2) is 87.3 Å². The van der Waals surface area contributed by atoms with Crippen molar-refractivity contribution >= 4 is 28.3 Å². The van der Waals surface area contributed by atoms with Crippen LogP contribution in [0.15, 0.2) is 24.4 Å². The highest BCUT2D eigenvalue weighted by Gasteiger charge is 2.21. The number of nitrogen functional groups attached to an aromatic ring is 1. The molecule has 0 unspecified atom stereocenters. The van der Waals surface area contributed by atoms with E-state index in [4.69, 9.17) is 15.2 Å². The van der Waals surface area contributed by atoms with Gasteiger partial charge in [0.15, 0.2) is 11.3 Å². The van der Waals surface area contributed by atoms with Crippen molar-refractivity contribution in [2.24, 2.45) is 0 Å². The second-order valence-electron chi connectivity index (χ2n) is 8.25. The van der Waals surface area contributed by atoms with Gasteiger partial charge in [-0.15, -0.1) is 5.10 Å². The van der Waals surface area contributed by atoms with Crippen LogP contribution in [0.5, 0.6) is 5.75 Å². The molecule has 0 saturated carbocycles. The number of nitrogens with two attached hydrogens (primary N) is 1. The van der Waals surface area contributed by atoms with Crippen LogP contribution in [0.3, 0.4) is 0 Å². The third kappa shape index (κ3) is 4.33. The maximum absolute atomic E-state index is 14.5. The quantitative estimate of drug-likeness (QED) is 0.382. The number of nitrogens with zero attached hydrogens (tertiary/aromatic N) is 8. The van der Waals surface area contributed by atoms with Gasteiger partial charge < -0.3 is 20.1 Å². The summed E-state index contributed by atoms with van der Waals surface area (Å²) in [5.74, 6) is 1.32. The molecule has 4 heterocycles. The molecule has 0 aliphatic carbocycles. The minimum Gasteiger partial charge on any atom is -0.491 e. The van der Waals surface area contributed by atoms with Gasteiger partial charge in [-0.25, -0.2) is 14.1 Å². The number of hydrogen-bond acceptors (Lipinski definition) is 9. The molecule has 0 amide bonds. The molecule has 4 aromatic rings. The smallest absolute Gasteiger partial charge is 0.225 e. The predicted molar refractivity (Wildman–Crippen MR) is 126 cm³/mol. The molecule has 1 saturated heterocycles. The Kier molecular flexibility index (Phi) is 6.16. The summed E-state index contributed by atoms with van der Waals surface area (Å²) in [5.41, 5.74) is 8.01. The molecule has 0 bridgehead atoms. The Morgan fingerprint density at radius 2 is 1.88 bits per heavy atom. The van der Waals surface area contributed by atoms with Crippen LogP contribution in [0.2, 0.25) is 0 Å². The molecule has 1 aliphatic heterocycles. The van der Waals surface area contributed by atoms with Gasteiger partial charge in [0.25, 0.3) is 0 Å². The first-order valence-corrected chi connectivity index (χ1v) is 11.3. The van der Waals surface area contributed by atoms with Crippen LogP contribution in [0.25, 0.3) is 16.7 Å². The van der Waals surface area contributed by atoms with E-state index in [1.165, 1.54) is 6.07 Å². The topological polar surface area (TPSA) is 112 Å². The number of anilines is 2. The number of aryl methyl sites for hydroxylation is 1. The molecule has 0 spiro atoms. The zero-order valence-electron chi connectivity index (χ0n) is 19.3. The second-order valence-corrected chi connectivity index (χ2v) is 8.25. The lowest BCUT2D eigenvalue weighted by atomic mass is 10.2. The number of piperazine rings is 1. The second kappa shape index (κ2) is 9.39. The highest BCUT2D eigenvalue weighted by molar-refractivity contribution is 5.89. The average Bonchev–Trinajstić information content (AvgIpc) is 3.43. The van der Waals surface area contributed by atoms with Gasteiger partial charge in [0.1, 0.15) is 24.0 Å². The summed E-state index contributed by atoms with van der Waals surface area (Å²) in [4.78, 5) is 13.3. The first kappa shape index (κ1) is 22.3. The van der Waals surface area contributed by atoms with E-state index < -0.39 is 0 Å². The Bertz CT molecular complexity index is 1300. The Labute approximate surface area is 195 Å². The van der Waals surface area contributed by atoms with E-state index in [-0.39, 0.29) is 11.8 Å². The van der Waals surface area contributed by atoms with Crippen molar-refractivity contribution in [3.8, 4) is 5.75 Å². The molecule has 1 aromatic carbocycles. The van der Waals surface area contributed by atoms with E-state index in [1.54, 1.807) is 30.0 Å². The molecule has 2 N–H and O–H groups in total. The van der Waals surface area contributed by atoms with Crippen LogP contribution in [0.4, 0.5) is 16.0 Å². The monoisotopic (exact) mass is 469 g/mol. The summed E-state index contributed by atoms with van der Waals surface area (Å²) < 4.78 is 28.5. The van der Waals surface area contributed by atoms with Gasteiger partial charge in [0.05, 0.1) is 30.4 Å². The number of ether oxygens (including phenoxy) is 2. The SMILES string of the molecule is COCCOc1ccc(F)c(N2CCN(CCn3ncc4c3nc(N)n3nc(C)nc43)CC2)c1. The molecule has 3 aromatic heterocycles. The van der Waals surface area contributed by atoms with Gasteiger partial charge in [-0.3, -0.25) is 4.90 Å². The van der Waals surface area contributed by atoms with Crippen LogP contribution < -0.4 is 15.4 Å². The third-order valence-electron chi connectivity index (χ3n) is 6.02. The summed E-state index contributed by atoms with van der Waals surface area (Å²) in [6.07, 6.45) is 1.76. The fourth-order valence-electron chi connectivity index (χ4n) is 4.24. The molecular weight excluding hydrogens is 441 g/mol. The Balaban J connectivity index is 1.21. The zero-order chi connectivity index (χ0) is 23.7. The molecular formula is C22H28FN9O2. The lowest BCUT2D eigenvalue weighted by Gasteiger charge is -2.36. The zero-order valence-corrected chi connectivity index (χ0v) is 19.3. The van der Waals surface area contributed by atoms with Crippen molar-refractivity contribution in [1.29, 1.82) is 0 Å². The lowest BCUT2D eigenvalue weighted by molar-refractivity contribution is 0.146. The van der Waals surface area contributed by atoms with Crippen molar-refractivity contribution in [3.05, 3.63) is 36.0 Å². The minimum absolute atomic E-state index is 0.241. The number of aromatic nitrogens is 6. The Morgan fingerprint density at radius 3 is 2.68 bits per heavy atom. The minimum atomic E-state index is -0.241. The van der Waals surface area contributed by atoms with E-state index in [0.717, 1.165) is 38.1 Å². The standard InChI is InChI=1S/C22H28FN9O2/c1-15-26-21-17-14-25-31(20(17)27-22(24)32(21)28-15)10-7-29-5-8-30(9-6-29)19-13-16(3-4-18(19)23)34-12-11-33-2/h3-4,13-14H,5-12H2,1-2H3,(H2,24,27). The highest BCUT2D eigenvalue weighted by atomic mass is 19.1. The molecule has 5 rings (SSSR count). The van der Waals surface area contributed by atoms with E-state index in [0.29, 0.717) is 48.3 Å². The summed E-state index contributed by atoms with van der Waals surface area (Å²) in [7, 11) is 1.62. The largest absolute Gasteiger partial charge is 0.491 e. The van der Waals surface area contributed by atoms with Gasteiger partial charge in [-0.1, -0.05) is 0 Å². The van der Waals surface area contributed by atoms with E-state index in [2.05, 4.69) is 30.0 Å². The van der Waals surface area contributed by atoms with Crippen LogP contribution in [0.1, 0.15) is 5.82 Å². The van der Waals surface area contributed by atoms with Gasteiger partial charge >= 0.3 is 0 Å². The number of hydrogen-bond donors (Lipinski definition) is 1. The van der Waals surface area contributed by atoms with Crippen molar-refractivity contribution < 1.29 is 13.9 Å². The third-order valence-corrected chi connectivity index (χ3v) is 6.02. The summed E-state index contributed by atoms with van der Waals surface area (Å²) in [6.45, 7) is 7.28. The van der Waals surface area contributed by atoms with Crippen LogP contribution >= 0.6 is 0 Å². The number of halogens is 1. The fourth-order valence-corrected chi connectivity index (χ4v) is 4.24. The van der Waals surface area contributed by atoms with Gasteiger partial charge in [-0.05, 0) is 19.1 Å². The Hall–Kier alpha value is -3.51. The van der Waals surface area contributed by atoms with E-state index in [9.17, 15) is 4.39 Å². The first-order valence-electron chi connectivity index (χ1n) is 11.3. The number of methoxy groups -OCH3 is 1. The highest BCUT2D eigenvalue weighted by Crippen LogP contribution is 2.26. The predicted octanol–water partition coefficient (Wildman–Crippen LogP) is 1.35. The maximum Gasteiger partial charge on any atom is 0.225 e. The molecule has 0 radical (unpaired) electrons. The molecule has 0 atom stereocenters. The average molecular weight is 470 g/mol. The summed E-state index contributed by atoms with van der Waals surface area (Å²) in [5, 5.41) is 9.61. The molecule has 1 aliphatic rings. The van der Waals surface area contributed by atoms with Crippen LogP contribution in [0, 0.1) is 12.7 Å². The van der Waals surface area contributed by atoms with Gasteiger partial charge in [-0.2, -0.15) is 14.6 Å². The number of benzene rings is 1. The van der Waals surface area contributed by atoms with Gasteiger partial charge in [0, 0.05) is 45.9 Å². The fraction of sp³-hybridized carbons (Fsp3) is 0.455. The summed E-state index contributed by atoms with van der Waals surface area (Å²) >= 11 is 0. The lowest BCUT2D eigenvalue weighted by Crippen LogP contribution is -2.47. The number of fused-ring (bicyclic) bond motifs is 3. The van der Waals surface area contributed by atoms with Crippen molar-refractivity contribution in [1.82, 2.24) is 34.3 Å². The van der Waals surface area contributed by atoms with E-state index in [1.807, 2.05) is 11.6 Å². The van der Waals surface area contributed by atoms with Crippen molar-refractivity contribution in [2.45, 2.75) is 13.5 Å². The first-order chi connectivity index (χ1) is 16.5. The number of rotatable bonds is 8. The molecule has 34 heavy (non-hydrogen) atoms. The maximum atomic E-state index is 14.5. The molecule has 180 valence electrons. The Morgan fingerprint density at radius 1 is 1.06 bits per heavy atom. The van der Waals surface area contributed by atoms with E-state index >= 15 is 0 Å². The van der Waals surface area contributed by atoms with Crippen molar-refractivity contribution in [2.75, 3.05) is 63.7 Å². The van der Waals surface area contributed by atoms with Crippen molar-refractivity contribution in [3.63, 3.8) is 0 Å². The normalized spacial score (nSPS) is 15.0. The van der Waals surface area contributed by atoms with Crippen LogP contribution in [-0.2, 0) is 11.3 Å². The van der Waals surface area contributed by atoms with Gasteiger partial charge in [0.2, 0.25) is 5.95 Å².